The van der Waals surface area contributed by atoms with Crippen molar-refractivity contribution in [2.45, 2.75) is 39.8 Å². The van der Waals surface area contributed by atoms with E-state index >= 15 is 0 Å². The predicted molar refractivity (Wildman–Crippen MR) is 49.6 cm³/mol. The first-order chi connectivity index (χ1) is 4.79. The van der Waals surface area contributed by atoms with Crippen molar-refractivity contribution in [3.63, 3.8) is 0 Å². The quantitative estimate of drug-likeness (QED) is 0.555. The maximum atomic E-state index is 2.63. The summed E-state index contributed by atoms with van der Waals surface area (Å²) in [6.45, 7) is 11.6. The Bertz CT molecular complexity index is 57.7. The van der Waals surface area contributed by atoms with Crippen molar-refractivity contribution in [2.24, 2.45) is 0 Å². The summed E-state index contributed by atoms with van der Waals surface area (Å²) >= 11 is 0. The van der Waals surface area contributed by atoms with Crippen LogP contribution in [0.5, 0.6) is 0 Å². The van der Waals surface area contributed by atoms with Crippen LogP contribution in [0, 0.1) is 0 Å². The lowest BCUT2D eigenvalue weighted by Crippen LogP contribution is -2.37. The van der Waals surface area contributed by atoms with E-state index in [2.05, 4.69) is 32.3 Å². The van der Waals surface area contributed by atoms with E-state index in [9.17, 15) is 0 Å². The third-order valence-electron chi connectivity index (χ3n) is 2.03. The van der Waals surface area contributed by atoms with E-state index in [1.54, 1.807) is 0 Å². The summed E-state index contributed by atoms with van der Waals surface area (Å²) in [6.07, 6.45) is 0. The molecule has 0 aliphatic heterocycles. The van der Waals surface area contributed by atoms with E-state index in [-0.39, 0.29) is 8.96 Å². The Hall–Kier alpha value is 0.177. The fourth-order valence-corrected chi connectivity index (χ4v) is 3.66. The Kier molecular flexibility index (Phi) is 6.03. The smallest absolute Gasteiger partial charge is 0.135 e. The molecule has 10 heavy (non-hydrogen) atoms. The molecule has 0 rings (SSSR count). The van der Waals surface area contributed by atoms with Crippen molar-refractivity contribution < 1.29 is 0 Å². The molecule has 0 aliphatic carbocycles. The fraction of sp³-hybridized carbons (Fsp3) is 1.00. The first-order valence-electron chi connectivity index (χ1n) is 4.39. The Morgan fingerprint density at radius 1 is 0.900 bits per heavy atom. The highest BCUT2D eigenvalue weighted by molar-refractivity contribution is 6.55. The summed E-state index contributed by atoms with van der Waals surface area (Å²) < 4.78 is 2.63. The Morgan fingerprint density at radius 3 is 1.40 bits per heavy atom. The van der Waals surface area contributed by atoms with Crippen molar-refractivity contribution in [1.82, 2.24) is 4.57 Å². The molecule has 0 aromatic carbocycles. The third-order valence-corrected chi connectivity index (χ3v) is 5.19. The second kappa shape index (κ2) is 5.92. The van der Waals surface area contributed by atoms with Gasteiger partial charge in [-0.2, -0.15) is 0 Å². The molecule has 0 saturated carbocycles. The lowest BCUT2D eigenvalue weighted by Gasteiger charge is -2.25. The maximum absolute atomic E-state index is 2.63. The minimum atomic E-state index is -0.130. The molecule has 0 amide bonds. The second-order valence-electron chi connectivity index (χ2n) is 2.45. The van der Waals surface area contributed by atoms with Crippen LogP contribution >= 0.6 is 0 Å². The van der Waals surface area contributed by atoms with Gasteiger partial charge >= 0.3 is 0 Å². The number of hydrogen-bond donors (Lipinski definition) is 0. The normalized spacial score (nSPS) is 11.4. The number of rotatable bonds is 5. The largest absolute Gasteiger partial charge is 0.325 e. The molecule has 0 atom stereocenters. The lowest BCUT2D eigenvalue weighted by molar-refractivity contribution is 0.476. The van der Waals surface area contributed by atoms with Gasteiger partial charge in [0.2, 0.25) is 0 Å². The minimum absolute atomic E-state index is 0.130. The molecular weight excluding hydrogens is 138 g/mol. The summed E-state index contributed by atoms with van der Waals surface area (Å²) in [5.41, 5.74) is 0. The van der Waals surface area contributed by atoms with Crippen LogP contribution in [0.1, 0.15) is 27.7 Å². The SMILES string of the molecule is CCN(CC)[Si](CC)CC. The zero-order valence-electron chi connectivity index (χ0n) is 7.78. The van der Waals surface area contributed by atoms with Gasteiger partial charge in [-0.1, -0.05) is 27.7 Å². The monoisotopic (exact) mass is 158 g/mol. The zero-order valence-corrected chi connectivity index (χ0v) is 8.78. The summed E-state index contributed by atoms with van der Waals surface area (Å²) in [7, 11) is -0.130. The molecule has 0 heterocycles. The third kappa shape index (κ3) is 2.84. The molecule has 61 valence electrons. The van der Waals surface area contributed by atoms with Crippen LogP contribution in [0.3, 0.4) is 0 Å². The van der Waals surface area contributed by atoms with Crippen LogP contribution in [0.15, 0.2) is 0 Å². The number of nitrogens with zero attached hydrogens (tertiary/aromatic N) is 1. The Labute approximate surface area is 67.1 Å². The average Bonchev–Trinajstić information content (AvgIpc) is 2.00. The summed E-state index contributed by atoms with van der Waals surface area (Å²) in [6, 6.07) is 2.78. The van der Waals surface area contributed by atoms with Crippen LogP contribution in [0.4, 0.5) is 0 Å². The van der Waals surface area contributed by atoms with Gasteiger partial charge in [-0.3, -0.25) is 0 Å². The fourth-order valence-electron chi connectivity index (χ4n) is 1.37. The van der Waals surface area contributed by atoms with Gasteiger partial charge in [-0.15, -0.1) is 0 Å². The molecule has 0 N–H and O–H groups in total. The molecule has 0 aliphatic rings. The maximum Gasteiger partial charge on any atom is 0.135 e. The van der Waals surface area contributed by atoms with E-state index in [4.69, 9.17) is 0 Å². The Morgan fingerprint density at radius 2 is 1.30 bits per heavy atom. The molecule has 1 nitrogen and oxygen atoms in total. The average molecular weight is 158 g/mol. The summed E-state index contributed by atoms with van der Waals surface area (Å²) in [5, 5.41) is 0. The van der Waals surface area contributed by atoms with Crippen molar-refractivity contribution in [2.75, 3.05) is 13.1 Å². The van der Waals surface area contributed by atoms with Crippen LogP contribution in [-0.2, 0) is 0 Å². The molecule has 0 bridgehead atoms. The second-order valence-corrected chi connectivity index (χ2v) is 5.62. The van der Waals surface area contributed by atoms with Crippen molar-refractivity contribution >= 4 is 8.96 Å². The first-order valence-corrected chi connectivity index (χ1v) is 6.25. The van der Waals surface area contributed by atoms with Crippen LogP contribution in [0.2, 0.25) is 12.1 Å². The summed E-state index contributed by atoms with van der Waals surface area (Å²) in [5.74, 6) is 0. The molecule has 0 unspecified atom stereocenters. The predicted octanol–water partition coefficient (Wildman–Crippen LogP) is 2.36. The van der Waals surface area contributed by atoms with Gasteiger partial charge in [0.1, 0.15) is 8.96 Å². The van der Waals surface area contributed by atoms with Crippen LogP contribution < -0.4 is 0 Å². The van der Waals surface area contributed by atoms with Gasteiger partial charge in [0.25, 0.3) is 0 Å². The highest BCUT2D eigenvalue weighted by atomic mass is 28.3. The summed E-state index contributed by atoms with van der Waals surface area (Å²) in [4.78, 5) is 0. The van der Waals surface area contributed by atoms with Gasteiger partial charge in [-0.05, 0) is 25.2 Å². The highest BCUT2D eigenvalue weighted by Gasteiger charge is 2.12. The van der Waals surface area contributed by atoms with E-state index in [1.807, 2.05) is 0 Å². The van der Waals surface area contributed by atoms with Crippen molar-refractivity contribution in [3.8, 4) is 0 Å². The molecule has 0 spiro atoms. The van der Waals surface area contributed by atoms with Gasteiger partial charge in [-0.25, -0.2) is 0 Å². The minimum Gasteiger partial charge on any atom is -0.325 e. The Balaban J connectivity index is 3.70. The lowest BCUT2D eigenvalue weighted by atomic mass is 10.7. The van der Waals surface area contributed by atoms with E-state index in [1.165, 1.54) is 25.2 Å². The molecule has 1 radical (unpaired) electrons. The van der Waals surface area contributed by atoms with Gasteiger partial charge in [0.15, 0.2) is 0 Å². The molecular formula is C8H20NSi. The van der Waals surface area contributed by atoms with Crippen LogP contribution in [-0.4, -0.2) is 26.6 Å². The van der Waals surface area contributed by atoms with E-state index in [0.717, 1.165) is 0 Å². The van der Waals surface area contributed by atoms with E-state index < -0.39 is 0 Å². The highest BCUT2D eigenvalue weighted by Crippen LogP contribution is 2.03. The standard InChI is InChI=1S/C8H20NSi/c1-5-9(6-2)10(7-3)8-4/h5-8H2,1-4H3. The molecule has 2 heteroatoms. The van der Waals surface area contributed by atoms with Crippen LogP contribution in [0.25, 0.3) is 0 Å². The van der Waals surface area contributed by atoms with Gasteiger partial charge in [0.05, 0.1) is 0 Å². The topological polar surface area (TPSA) is 3.24 Å². The van der Waals surface area contributed by atoms with Crippen molar-refractivity contribution in [3.05, 3.63) is 0 Å². The zero-order chi connectivity index (χ0) is 7.98. The molecule has 0 aromatic rings. The molecule has 0 fully saturated rings. The first kappa shape index (κ1) is 10.2. The molecule has 0 aromatic heterocycles. The van der Waals surface area contributed by atoms with Gasteiger partial charge < -0.3 is 4.57 Å². The van der Waals surface area contributed by atoms with Gasteiger partial charge in [0, 0.05) is 0 Å². The molecule has 0 saturated heterocycles. The van der Waals surface area contributed by atoms with Crippen molar-refractivity contribution in [1.29, 1.82) is 0 Å². The van der Waals surface area contributed by atoms with E-state index in [0.29, 0.717) is 0 Å². The number of hydrogen-bond acceptors (Lipinski definition) is 1.